The summed E-state index contributed by atoms with van der Waals surface area (Å²) in [6.07, 6.45) is 1.53. The summed E-state index contributed by atoms with van der Waals surface area (Å²) in [5, 5.41) is 14.3. The number of H-pyrrole nitrogens is 1. The van der Waals surface area contributed by atoms with Crippen molar-refractivity contribution < 1.29 is 9.18 Å². The molecule has 0 aliphatic carbocycles. The molecule has 0 radical (unpaired) electrons. The Morgan fingerprint density at radius 3 is 2.44 bits per heavy atom. The second-order valence-electron chi connectivity index (χ2n) is 7.86. The van der Waals surface area contributed by atoms with E-state index >= 15 is 0 Å². The van der Waals surface area contributed by atoms with Gasteiger partial charge in [0.05, 0.1) is 23.1 Å². The summed E-state index contributed by atoms with van der Waals surface area (Å²) in [6.45, 7) is 10.2. The van der Waals surface area contributed by atoms with Crippen LogP contribution in [0.1, 0.15) is 62.3 Å². The van der Waals surface area contributed by atoms with Crippen molar-refractivity contribution in [2.75, 3.05) is 5.32 Å². The number of aromatic nitrogens is 4. The number of nitrogens with zero attached hydrogens (tertiary/aromatic N) is 3. The lowest BCUT2D eigenvalue weighted by atomic mass is 9.92. The highest BCUT2D eigenvalue weighted by atomic mass is 19.1. The molecule has 1 aromatic carbocycles. The second kappa shape index (κ2) is 6.98. The van der Waals surface area contributed by atoms with Gasteiger partial charge < -0.3 is 5.32 Å². The van der Waals surface area contributed by atoms with Crippen molar-refractivity contribution in [2.24, 2.45) is 0 Å². The molecule has 0 spiro atoms. The minimum Gasteiger partial charge on any atom is -0.305 e. The van der Waals surface area contributed by atoms with Crippen LogP contribution < -0.4 is 5.32 Å². The zero-order valence-corrected chi connectivity index (χ0v) is 16.2. The highest BCUT2D eigenvalue weighted by Crippen LogP contribution is 2.25. The Morgan fingerprint density at radius 2 is 1.89 bits per heavy atom. The van der Waals surface area contributed by atoms with Gasteiger partial charge in [-0.25, -0.2) is 9.07 Å². The van der Waals surface area contributed by atoms with Crippen molar-refractivity contribution in [3.8, 4) is 5.69 Å². The van der Waals surface area contributed by atoms with E-state index in [0.29, 0.717) is 17.1 Å². The van der Waals surface area contributed by atoms with E-state index < -0.39 is 0 Å². The number of benzene rings is 1. The van der Waals surface area contributed by atoms with Crippen LogP contribution >= 0.6 is 0 Å². The number of rotatable bonds is 4. The Balaban J connectivity index is 1.91. The first-order chi connectivity index (χ1) is 12.7. The van der Waals surface area contributed by atoms with E-state index in [4.69, 9.17) is 0 Å². The summed E-state index contributed by atoms with van der Waals surface area (Å²) in [5.74, 6) is -0.0843. The largest absolute Gasteiger partial charge is 0.305 e. The predicted molar refractivity (Wildman–Crippen MR) is 103 cm³/mol. The number of aromatic amines is 1. The van der Waals surface area contributed by atoms with Gasteiger partial charge in [-0.1, -0.05) is 34.6 Å². The molecule has 6 nitrogen and oxygen atoms in total. The summed E-state index contributed by atoms with van der Waals surface area (Å²) in [6, 6.07) is 7.85. The van der Waals surface area contributed by atoms with Crippen molar-refractivity contribution >= 4 is 11.7 Å². The van der Waals surface area contributed by atoms with Gasteiger partial charge in [0.1, 0.15) is 5.82 Å². The first-order valence-electron chi connectivity index (χ1n) is 8.88. The molecule has 1 amide bonds. The van der Waals surface area contributed by atoms with Crippen LogP contribution in [-0.2, 0) is 5.41 Å². The van der Waals surface area contributed by atoms with Crippen molar-refractivity contribution in [2.45, 2.75) is 46.0 Å². The van der Waals surface area contributed by atoms with E-state index in [1.165, 1.54) is 18.3 Å². The molecule has 0 saturated heterocycles. The van der Waals surface area contributed by atoms with Crippen LogP contribution in [0.2, 0.25) is 0 Å². The number of hydrogen-bond donors (Lipinski definition) is 2. The monoisotopic (exact) mass is 369 g/mol. The smallest absolute Gasteiger partial charge is 0.260 e. The van der Waals surface area contributed by atoms with Gasteiger partial charge in [-0.2, -0.15) is 10.2 Å². The molecule has 2 aromatic heterocycles. The van der Waals surface area contributed by atoms with Gasteiger partial charge in [0.25, 0.3) is 5.91 Å². The van der Waals surface area contributed by atoms with Gasteiger partial charge in [0.15, 0.2) is 5.82 Å². The van der Waals surface area contributed by atoms with E-state index in [1.807, 2.05) is 19.9 Å². The number of amides is 1. The number of anilines is 1. The highest BCUT2D eigenvalue weighted by Gasteiger charge is 2.23. The minimum atomic E-state index is -0.317. The van der Waals surface area contributed by atoms with Crippen molar-refractivity contribution in [1.29, 1.82) is 0 Å². The summed E-state index contributed by atoms with van der Waals surface area (Å²) in [7, 11) is 0. The Morgan fingerprint density at radius 1 is 1.22 bits per heavy atom. The minimum absolute atomic E-state index is 0.0441. The summed E-state index contributed by atoms with van der Waals surface area (Å²) >= 11 is 0. The Kier molecular flexibility index (Phi) is 4.87. The predicted octanol–water partition coefficient (Wildman–Crippen LogP) is 4.41. The molecule has 27 heavy (non-hydrogen) atoms. The molecule has 0 aliphatic rings. The van der Waals surface area contributed by atoms with Crippen molar-refractivity contribution in [3.63, 3.8) is 0 Å². The quantitative estimate of drug-likeness (QED) is 0.715. The lowest BCUT2D eigenvalue weighted by molar-refractivity contribution is 0.102. The van der Waals surface area contributed by atoms with Crippen LogP contribution in [0, 0.1) is 5.82 Å². The van der Waals surface area contributed by atoms with Crippen LogP contribution in [-0.4, -0.2) is 25.9 Å². The average molecular weight is 369 g/mol. The lowest BCUT2D eigenvalue weighted by Gasteiger charge is -2.14. The topological polar surface area (TPSA) is 75.6 Å². The molecule has 0 aliphatic heterocycles. The molecule has 7 heteroatoms. The summed E-state index contributed by atoms with van der Waals surface area (Å²) in [4.78, 5) is 12.8. The number of carbonyl (C=O) groups is 1. The average Bonchev–Trinajstić information content (AvgIpc) is 3.22. The van der Waals surface area contributed by atoms with E-state index in [-0.39, 0.29) is 23.1 Å². The molecule has 3 aromatic rings. The normalized spacial score (nSPS) is 11.8. The first kappa shape index (κ1) is 18.8. The van der Waals surface area contributed by atoms with Crippen LogP contribution in [0.5, 0.6) is 0 Å². The van der Waals surface area contributed by atoms with Crippen LogP contribution in [0.25, 0.3) is 5.69 Å². The maximum absolute atomic E-state index is 13.2. The number of nitrogens with one attached hydrogen (secondary N) is 2. The number of carbonyl (C=O) groups excluding carboxylic acids is 1. The van der Waals surface area contributed by atoms with Gasteiger partial charge in [0, 0.05) is 17.2 Å². The fraction of sp³-hybridized carbons (Fsp3) is 0.350. The zero-order valence-electron chi connectivity index (χ0n) is 16.2. The van der Waals surface area contributed by atoms with Crippen LogP contribution in [0.3, 0.4) is 0 Å². The van der Waals surface area contributed by atoms with E-state index in [1.54, 1.807) is 16.8 Å². The van der Waals surface area contributed by atoms with Gasteiger partial charge >= 0.3 is 0 Å². The molecule has 0 atom stereocenters. The molecular weight excluding hydrogens is 345 g/mol. The summed E-state index contributed by atoms with van der Waals surface area (Å²) < 4.78 is 14.9. The molecule has 0 bridgehead atoms. The lowest BCUT2D eigenvalue weighted by Crippen LogP contribution is -2.15. The SMILES string of the molecule is CC(C)c1c(C(=O)Nc2cc(C(C)(C)C)[nH]n2)cnn1-c1ccc(F)cc1. The standard InChI is InChI=1S/C20H24FN5O/c1-12(2)18-15(11-22-26(18)14-8-6-13(21)7-9-14)19(27)23-17-10-16(24-25-17)20(3,4)5/h6-12H,1-5H3,(H2,23,24,25,27). The zero-order chi connectivity index (χ0) is 19.8. The van der Waals surface area contributed by atoms with Gasteiger partial charge in [-0.05, 0) is 30.2 Å². The third-order valence-electron chi connectivity index (χ3n) is 4.30. The van der Waals surface area contributed by atoms with Gasteiger partial charge in [-0.3, -0.25) is 9.89 Å². The molecule has 2 heterocycles. The Labute approximate surface area is 157 Å². The molecule has 0 unspecified atom stereocenters. The molecule has 3 rings (SSSR count). The van der Waals surface area contributed by atoms with Crippen molar-refractivity contribution in [1.82, 2.24) is 20.0 Å². The maximum Gasteiger partial charge on any atom is 0.260 e. The second-order valence-corrected chi connectivity index (χ2v) is 7.86. The summed E-state index contributed by atoms with van der Waals surface area (Å²) in [5.41, 5.74) is 2.77. The molecule has 2 N–H and O–H groups in total. The molecule has 142 valence electrons. The number of halogens is 1. The van der Waals surface area contributed by atoms with Crippen molar-refractivity contribution in [3.05, 3.63) is 59.3 Å². The van der Waals surface area contributed by atoms with Gasteiger partial charge in [-0.15, -0.1) is 0 Å². The highest BCUT2D eigenvalue weighted by molar-refractivity contribution is 6.04. The van der Waals surface area contributed by atoms with Crippen LogP contribution in [0.15, 0.2) is 36.5 Å². The van der Waals surface area contributed by atoms with E-state index in [2.05, 4.69) is 41.4 Å². The fourth-order valence-corrected chi connectivity index (χ4v) is 2.83. The Bertz CT molecular complexity index is 948. The molecule has 0 saturated carbocycles. The fourth-order valence-electron chi connectivity index (χ4n) is 2.83. The number of hydrogen-bond acceptors (Lipinski definition) is 3. The van der Waals surface area contributed by atoms with Gasteiger partial charge in [0.2, 0.25) is 0 Å². The van der Waals surface area contributed by atoms with E-state index in [0.717, 1.165) is 11.4 Å². The third kappa shape index (κ3) is 3.92. The van der Waals surface area contributed by atoms with Crippen LogP contribution in [0.4, 0.5) is 10.2 Å². The third-order valence-corrected chi connectivity index (χ3v) is 4.30. The Hall–Kier alpha value is -2.96. The maximum atomic E-state index is 13.2. The molecular formula is C20H24FN5O. The molecule has 0 fully saturated rings. The van der Waals surface area contributed by atoms with E-state index in [9.17, 15) is 9.18 Å². The first-order valence-corrected chi connectivity index (χ1v) is 8.88.